The van der Waals surface area contributed by atoms with Gasteiger partial charge >= 0.3 is 0 Å². The van der Waals surface area contributed by atoms with Crippen LogP contribution in [0.25, 0.3) is 27.6 Å². The highest BCUT2D eigenvalue weighted by Gasteiger charge is 2.39. The smallest absolute Gasteiger partial charge is 0.137 e. The van der Waals surface area contributed by atoms with Crippen molar-refractivity contribution in [1.82, 2.24) is 9.55 Å². The van der Waals surface area contributed by atoms with E-state index in [4.69, 9.17) is 9.72 Å². The van der Waals surface area contributed by atoms with Crippen LogP contribution in [0.15, 0.2) is 170 Å². The Morgan fingerprint density at radius 3 is 1.36 bits per heavy atom. The summed E-state index contributed by atoms with van der Waals surface area (Å²) in [4.78, 5) is 10.1. The Morgan fingerprint density at radius 2 is 0.840 bits per heavy atom. The van der Waals surface area contributed by atoms with Crippen LogP contribution in [-0.4, -0.2) is 16.2 Å². The van der Waals surface area contributed by atoms with Crippen molar-refractivity contribution in [3.05, 3.63) is 214 Å². The van der Waals surface area contributed by atoms with Crippen LogP contribution in [0.1, 0.15) is 155 Å². The fourth-order valence-electron chi connectivity index (χ4n) is 11.1. The summed E-state index contributed by atoms with van der Waals surface area (Å²) in [5.41, 5.74) is 16.1. The second-order valence-electron chi connectivity index (χ2n) is 26.4. The molecule has 1 aliphatic rings. The topological polar surface area (TPSA) is 33.5 Å². The molecule has 0 aliphatic carbocycles. The van der Waals surface area contributed by atoms with Gasteiger partial charge in [-0.1, -0.05) is 196 Å². The van der Waals surface area contributed by atoms with Gasteiger partial charge in [-0.3, -0.25) is 4.57 Å². The normalized spacial score (nSPS) is 13.8. The summed E-state index contributed by atoms with van der Waals surface area (Å²) in [6, 6.07) is 60.9. The Hall–Kier alpha value is -7.11. The van der Waals surface area contributed by atoms with Crippen molar-refractivity contribution in [3.63, 3.8) is 0 Å². The van der Waals surface area contributed by atoms with Crippen molar-refractivity contribution in [2.24, 2.45) is 0 Å². The van der Waals surface area contributed by atoms with Crippen LogP contribution in [-0.2, 0) is 32.5 Å². The molecule has 0 spiro atoms. The second-order valence-corrected chi connectivity index (χ2v) is 26.4. The molecule has 0 amide bonds. The maximum absolute atomic E-state index is 7.17. The highest BCUT2D eigenvalue weighted by atomic mass is 16.5. The third-order valence-corrected chi connectivity index (χ3v) is 16.1. The summed E-state index contributed by atoms with van der Waals surface area (Å²) in [6.45, 7) is 37.9. The first-order chi connectivity index (χ1) is 35.2. The molecule has 0 bridgehead atoms. The summed E-state index contributed by atoms with van der Waals surface area (Å²) >= 11 is 0. The molecule has 3 heterocycles. The molecule has 5 nitrogen and oxygen atoms in total. The van der Waals surface area contributed by atoms with Crippen LogP contribution in [0, 0.1) is 0 Å². The van der Waals surface area contributed by atoms with Gasteiger partial charge in [-0.2, -0.15) is 0 Å². The molecule has 0 atom stereocenters. The predicted octanol–water partition coefficient (Wildman–Crippen LogP) is 19.1. The Kier molecular flexibility index (Phi) is 12.6. The van der Waals surface area contributed by atoms with Crippen molar-refractivity contribution in [2.75, 3.05) is 16.5 Å². The van der Waals surface area contributed by atoms with Crippen LogP contribution in [0.4, 0.5) is 22.7 Å². The maximum Gasteiger partial charge on any atom is 0.137 e. The van der Waals surface area contributed by atoms with Crippen molar-refractivity contribution in [2.45, 2.75) is 143 Å². The van der Waals surface area contributed by atoms with E-state index in [0.29, 0.717) is 6.67 Å². The van der Waals surface area contributed by atoms with Crippen molar-refractivity contribution >= 4 is 44.6 Å². The van der Waals surface area contributed by atoms with E-state index in [1.807, 2.05) is 6.20 Å². The minimum atomic E-state index is -0.339. The van der Waals surface area contributed by atoms with E-state index in [0.717, 1.165) is 39.4 Å². The van der Waals surface area contributed by atoms with Gasteiger partial charge in [0.1, 0.15) is 24.0 Å². The molecule has 1 aliphatic heterocycles. The highest BCUT2D eigenvalue weighted by molar-refractivity contribution is 6.09. The van der Waals surface area contributed by atoms with Gasteiger partial charge in [0, 0.05) is 51.3 Å². The predicted molar refractivity (Wildman–Crippen MR) is 319 cm³/mol. The van der Waals surface area contributed by atoms with Crippen LogP contribution in [0.5, 0.6) is 11.5 Å². The lowest BCUT2D eigenvalue weighted by Crippen LogP contribution is -2.28. The molecular weight excluding hydrogens is 913 g/mol. The van der Waals surface area contributed by atoms with Gasteiger partial charge in [-0.15, -0.1) is 0 Å². The van der Waals surface area contributed by atoms with E-state index >= 15 is 0 Å². The first-order valence-electron chi connectivity index (χ1n) is 27.0. The highest BCUT2D eigenvalue weighted by Crippen LogP contribution is 2.53. The van der Waals surface area contributed by atoms with E-state index in [1.165, 1.54) is 67.0 Å². The molecule has 10 rings (SSSR count). The molecule has 0 fully saturated rings. The molecule has 7 aromatic carbocycles. The van der Waals surface area contributed by atoms with Gasteiger partial charge in [-0.25, -0.2) is 4.98 Å². The minimum absolute atomic E-state index is 0.0279. The van der Waals surface area contributed by atoms with Crippen molar-refractivity contribution in [1.29, 1.82) is 0 Å². The molecule has 5 heteroatoms. The van der Waals surface area contributed by atoms with Gasteiger partial charge in [-0.05, 0) is 133 Å². The number of rotatable bonds is 9. The van der Waals surface area contributed by atoms with E-state index in [1.54, 1.807) is 0 Å². The van der Waals surface area contributed by atoms with E-state index in [-0.39, 0.29) is 32.5 Å². The lowest BCUT2D eigenvalue weighted by atomic mass is 9.68. The summed E-state index contributed by atoms with van der Waals surface area (Å²) in [5.74, 6) is 2.46. The molecule has 0 saturated carbocycles. The average molecular weight is 991 g/mol. The van der Waals surface area contributed by atoms with Gasteiger partial charge < -0.3 is 14.5 Å². The molecule has 0 radical (unpaired) electrons. The molecule has 9 aromatic rings. The molecule has 75 heavy (non-hydrogen) atoms. The Morgan fingerprint density at radius 1 is 0.373 bits per heavy atom. The number of benzene rings is 7. The Bertz CT molecular complexity index is 3560. The number of para-hydroxylation sites is 1. The first kappa shape index (κ1) is 51.4. The third kappa shape index (κ3) is 9.64. The minimum Gasteiger partial charge on any atom is -0.457 e. The molecule has 0 saturated heterocycles. The van der Waals surface area contributed by atoms with Crippen LogP contribution in [0.3, 0.4) is 0 Å². The number of hydrogen-bond acceptors (Lipinski definition) is 4. The maximum atomic E-state index is 7.17. The van der Waals surface area contributed by atoms with Gasteiger partial charge in [0.15, 0.2) is 0 Å². The van der Waals surface area contributed by atoms with E-state index < -0.39 is 0 Å². The number of aromatic nitrogens is 2. The summed E-state index contributed by atoms with van der Waals surface area (Å²) < 4.78 is 9.46. The number of nitrogens with zero attached hydrogens (tertiary/aromatic N) is 4. The van der Waals surface area contributed by atoms with Crippen LogP contribution in [0.2, 0.25) is 0 Å². The quantitative estimate of drug-likeness (QED) is 0.144. The van der Waals surface area contributed by atoms with Gasteiger partial charge in [0.25, 0.3) is 0 Å². The molecule has 384 valence electrons. The fourth-order valence-corrected chi connectivity index (χ4v) is 11.1. The molecule has 0 unspecified atom stereocenters. The van der Waals surface area contributed by atoms with E-state index in [2.05, 4.69) is 289 Å². The molecule has 2 aromatic heterocycles. The monoisotopic (exact) mass is 991 g/mol. The zero-order valence-corrected chi connectivity index (χ0v) is 47.6. The third-order valence-electron chi connectivity index (χ3n) is 16.1. The van der Waals surface area contributed by atoms with Crippen LogP contribution >= 0.6 is 0 Å². The summed E-state index contributed by atoms with van der Waals surface area (Å²) in [5, 5.41) is 2.34. The molecular formula is C70H78N4O. The first-order valence-corrected chi connectivity index (χ1v) is 27.0. The van der Waals surface area contributed by atoms with Crippen molar-refractivity contribution in [3.8, 4) is 17.3 Å². The Balaban J connectivity index is 1.18. The summed E-state index contributed by atoms with van der Waals surface area (Å²) in [6.07, 6.45) is 1.94. The number of fused-ring (bicyclic) bond motifs is 4. The van der Waals surface area contributed by atoms with Crippen LogP contribution < -0.4 is 14.5 Å². The molecule has 0 N–H and O–H groups in total. The standard InChI is InChI=1S/C70H78N4O/c1-65(2,3)48-33-34-71-64(40-48)74-60-30-24-23-29-56(60)57-32-31-54(42-61(57)74)75-55-39-51(68(10,11)12)38-53(41-55)73-45-72(52-36-49(66(4,5)6)35-50(37-52)67(7,8)9)62-43-58(69(13,14)46-25-19-17-20-26-46)59(44-63(62)73)70(15,16)47-27-21-18-22-28-47/h17-44H,45H2,1-16H3. The van der Waals surface area contributed by atoms with Gasteiger partial charge in [0.2, 0.25) is 0 Å². The van der Waals surface area contributed by atoms with Crippen molar-refractivity contribution < 1.29 is 4.74 Å². The zero-order valence-electron chi connectivity index (χ0n) is 47.6. The number of ether oxygens (including phenoxy) is 1. The average Bonchev–Trinajstić information content (AvgIpc) is 3.91. The lowest BCUT2D eigenvalue weighted by Gasteiger charge is -2.37. The summed E-state index contributed by atoms with van der Waals surface area (Å²) in [7, 11) is 0. The number of hydrogen-bond donors (Lipinski definition) is 0. The SMILES string of the molecule is CC(C)(C)c1cc(Oc2ccc3c4ccccc4n(-c4cc(C(C)(C)C)ccn4)c3c2)cc(N2CN(c3cc(C(C)(C)C)cc(C(C)(C)C)c3)c3cc(C(C)(C)c4ccccc4)c(C(C)(C)c4ccccc4)cc32)c1. The Labute approximate surface area is 448 Å². The number of anilines is 4. The lowest BCUT2D eigenvalue weighted by molar-refractivity contribution is 0.479. The van der Waals surface area contributed by atoms with E-state index in [9.17, 15) is 0 Å². The fraction of sp³-hybridized carbons (Fsp3) is 0.329. The zero-order chi connectivity index (χ0) is 53.6. The largest absolute Gasteiger partial charge is 0.457 e. The number of pyridine rings is 1. The second kappa shape index (κ2) is 18.3. The van der Waals surface area contributed by atoms with Gasteiger partial charge in [0.05, 0.1) is 22.4 Å².